The molecule has 2 aromatic carbocycles. The van der Waals surface area contributed by atoms with Crippen molar-refractivity contribution in [3.63, 3.8) is 0 Å². The summed E-state index contributed by atoms with van der Waals surface area (Å²) in [7, 11) is 0. The van der Waals surface area contributed by atoms with Crippen molar-refractivity contribution in [1.29, 1.82) is 0 Å². The standard InChI is InChI=1S/C20H19N3O/c21-18(10-14-7-8-15-6-3-9-22-19(15)11-14)20(24)23-12-16-4-1-2-5-17(16)13-23/h1-9,11,18H,10,12-13,21H2. The number of rotatable bonds is 3. The molecule has 1 atom stereocenters. The summed E-state index contributed by atoms with van der Waals surface area (Å²) in [6.45, 7) is 1.31. The minimum Gasteiger partial charge on any atom is -0.333 e. The lowest BCUT2D eigenvalue weighted by Crippen LogP contribution is -2.42. The second kappa shape index (κ2) is 6.06. The molecule has 0 bridgehead atoms. The summed E-state index contributed by atoms with van der Waals surface area (Å²) in [4.78, 5) is 18.9. The van der Waals surface area contributed by atoms with E-state index in [1.807, 2.05) is 47.4 Å². The van der Waals surface area contributed by atoms with Crippen LogP contribution in [0.4, 0.5) is 0 Å². The number of benzene rings is 2. The summed E-state index contributed by atoms with van der Waals surface area (Å²) in [5, 5.41) is 1.09. The molecule has 0 saturated carbocycles. The third kappa shape index (κ3) is 2.76. The van der Waals surface area contributed by atoms with Crippen LogP contribution in [0, 0.1) is 0 Å². The van der Waals surface area contributed by atoms with Crippen LogP contribution in [0.25, 0.3) is 10.9 Å². The third-order valence-electron chi connectivity index (χ3n) is 4.60. The molecule has 4 nitrogen and oxygen atoms in total. The van der Waals surface area contributed by atoms with E-state index >= 15 is 0 Å². The fourth-order valence-electron chi connectivity index (χ4n) is 3.30. The number of nitrogens with zero attached hydrogens (tertiary/aromatic N) is 2. The van der Waals surface area contributed by atoms with Crippen molar-refractivity contribution >= 4 is 16.8 Å². The van der Waals surface area contributed by atoms with E-state index in [2.05, 4.69) is 17.1 Å². The highest BCUT2D eigenvalue weighted by atomic mass is 16.2. The maximum absolute atomic E-state index is 12.7. The highest BCUT2D eigenvalue weighted by molar-refractivity contribution is 5.83. The van der Waals surface area contributed by atoms with Gasteiger partial charge >= 0.3 is 0 Å². The van der Waals surface area contributed by atoms with Crippen LogP contribution in [0.3, 0.4) is 0 Å². The number of hydrogen-bond acceptors (Lipinski definition) is 3. The Bertz CT molecular complexity index is 881. The van der Waals surface area contributed by atoms with Gasteiger partial charge in [-0.25, -0.2) is 0 Å². The molecule has 0 saturated heterocycles. The van der Waals surface area contributed by atoms with E-state index in [1.54, 1.807) is 6.20 Å². The Kier molecular flexibility index (Phi) is 3.75. The van der Waals surface area contributed by atoms with Crippen molar-refractivity contribution in [2.75, 3.05) is 0 Å². The van der Waals surface area contributed by atoms with Crippen LogP contribution in [-0.2, 0) is 24.3 Å². The number of amides is 1. The fourth-order valence-corrected chi connectivity index (χ4v) is 3.30. The average Bonchev–Trinajstić information content (AvgIpc) is 3.05. The first kappa shape index (κ1) is 14.8. The lowest BCUT2D eigenvalue weighted by atomic mass is 10.0. The largest absolute Gasteiger partial charge is 0.333 e. The van der Waals surface area contributed by atoms with Crippen LogP contribution in [0.1, 0.15) is 16.7 Å². The number of fused-ring (bicyclic) bond motifs is 2. The van der Waals surface area contributed by atoms with E-state index in [4.69, 9.17) is 5.73 Å². The van der Waals surface area contributed by atoms with Gasteiger partial charge in [-0.05, 0) is 35.2 Å². The first-order valence-corrected chi connectivity index (χ1v) is 8.15. The predicted molar refractivity (Wildman–Crippen MR) is 94.1 cm³/mol. The van der Waals surface area contributed by atoms with Gasteiger partial charge in [-0.15, -0.1) is 0 Å². The highest BCUT2D eigenvalue weighted by Gasteiger charge is 2.26. The van der Waals surface area contributed by atoms with E-state index in [9.17, 15) is 4.79 Å². The minimum atomic E-state index is -0.527. The summed E-state index contributed by atoms with van der Waals surface area (Å²) in [6, 6.07) is 17.6. The van der Waals surface area contributed by atoms with Gasteiger partial charge in [0.2, 0.25) is 5.91 Å². The molecule has 0 spiro atoms. The Morgan fingerprint density at radius 2 is 1.83 bits per heavy atom. The molecule has 0 aliphatic carbocycles. The summed E-state index contributed by atoms with van der Waals surface area (Å²) in [5.74, 6) is 0.00678. The van der Waals surface area contributed by atoms with Crippen molar-refractivity contribution in [3.05, 3.63) is 77.5 Å². The number of carbonyl (C=O) groups excluding carboxylic acids is 1. The topological polar surface area (TPSA) is 59.2 Å². The van der Waals surface area contributed by atoms with Gasteiger partial charge < -0.3 is 10.6 Å². The third-order valence-corrected chi connectivity index (χ3v) is 4.60. The average molecular weight is 317 g/mol. The number of pyridine rings is 1. The number of nitrogens with two attached hydrogens (primary N) is 1. The van der Waals surface area contributed by atoms with E-state index < -0.39 is 6.04 Å². The second-order valence-corrected chi connectivity index (χ2v) is 6.30. The zero-order valence-corrected chi connectivity index (χ0v) is 13.4. The lowest BCUT2D eigenvalue weighted by Gasteiger charge is -2.20. The van der Waals surface area contributed by atoms with Gasteiger partial charge in [0.15, 0.2) is 0 Å². The SMILES string of the molecule is NC(Cc1ccc2cccnc2c1)C(=O)N1Cc2ccccc2C1. The first-order valence-electron chi connectivity index (χ1n) is 8.15. The maximum atomic E-state index is 12.7. The Labute approximate surface area is 140 Å². The number of aromatic nitrogens is 1. The number of hydrogen-bond donors (Lipinski definition) is 1. The fraction of sp³-hybridized carbons (Fsp3) is 0.200. The van der Waals surface area contributed by atoms with Crippen molar-refractivity contribution in [3.8, 4) is 0 Å². The van der Waals surface area contributed by atoms with Crippen molar-refractivity contribution in [1.82, 2.24) is 9.88 Å². The molecule has 1 aliphatic rings. The molecule has 1 unspecified atom stereocenters. The normalized spacial score (nSPS) is 14.6. The van der Waals surface area contributed by atoms with Crippen molar-refractivity contribution < 1.29 is 4.79 Å². The molecule has 4 rings (SSSR count). The molecule has 4 heteroatoms. The molecular weight excluding hydrogens is 298 g/mol. The van der Waals surface area contributed by atoms with Gasteiger partial charge in [0, 0.05) is 24.7 Å². The summed E-state index contributed by atoms with van der Waals surface area (Å²) in [6.07, 6.45) is 2.30. The van der Waals surface area contributed by atoms with E-state index in [1.165, 1.54) is 11.1 Å². The summed E-state index contributed by atoms with van der Waals surface area (Å²) in [5.41, 5.74) is 10.6. The van der Waals surface area contributed by atoms with Crippen LogP contribution in [0.2, 0.25) is 0 Å². The Morgan fingerprint density at radius 3 is 2.58 bits per heavy atom. The van der Waals surface area contributed by atoms with Gasteiger partial charge in [0.1, 0.15) is 0 Å². The monoisotopic (exact) mass is 317 g/mol. The molecule has 24 heavy (non-hydrogen) atoms. The van der Waals surface area contributed by atoms with E-state index in [0.717, 1.165) is 16.5 Å². The molecule has 0 radical (unpaired) electrons. The quantitative estimate of drug-likeness (QED) is 0.808. The van der Waals surface area contributed by atoms with Crippen molar-refractivity contribution in [2.45, 2.75) is 25.6 Å². The Hall–Kier alpha value is -2.72. The van der Waals surface area contributed by atoms with Crippen LogP contribution in [0.5, 0.6) is 0 Å². The van der Waals surface area contributed by atoms with E-state index in [-0.39, 0.29) is 5.91 Å². The smallest absolute Gasteiger partial charge is 0.240 e. The highest BCUT2D eigenvalue weighted by Crippen LogP contribution is 2.23. The molecule has 120 valence electrons. The Morgan fingerprint density at radius 1 is 1.08 bits per heavy atom. The maximum Gasteiger partial charge on any atom is 0.240 e. The molecule has 1 aromatic heterocycles. The van der Waals surface area contributed by atoms with Gasteiger partial charge in [-0.1, -0.05) is 42.5 Å². The zero-order chi connectivity index (χ0) is 16.5. The molecule has 1 amide bonds. The van der Waals surface area contributed by atoms with Crippen molar-refractivity contribution in [2.24, 2.45) is 5.73 Å². The van der Waals surface area contributed by atoms with Gasteiger partial charge in [-0.3, -0.25) is 9.78 Å². The second-order valence-electron chi connectivity index (χ2n) is 6.30. The van der Waals surface area contributed by atoms with Crippen LogP contribution < -0.4 is 5.73 Å². The van der Waals surface area contributed by atoms with Crippen LogP contribution >= 0.6 is 0 Å². The Balaban J connectivity index is 1.47. The minimum absolute atomic E-state index is 0.00678. The summed E-state index contributed by atoms with van der Waals surface area (Å²) < 4.78 is 0. The molecular formula is C20H19N3O. The molecule has 2 N–H and O–H groups in total. The van der Waals surface area contributed by atoms with Crippen LogP contribution in [-0.4, -0.2) is 21.8 Å². The van der Waals surface area contributed by atoms with Gasteiger partial charge in [-0.2, -0.15) is 0 Å². The predicted octanol–water partition coefficient (Wildman–Crippen LogP) is 2.65. The lowest BCUT2D eigenvalue weighted by molar-refractivity contribution is -0.133. The van der Waals surface area contributed by atoms with Gasteiger partial charge in [0.05, 0.1) is 11.6 Å². The summed E-state index contributed by atoms with van der Waals surface area (Å²) >= 11 is 0. The molecule has 0 fully saturated rings. The number of carbonyl (C=O) groups is 1. The van der Waals surface area contributed by atoms with Crippen LogP contribution in [0.15, 0.2) is 60.8 Å². The van der Waals surface area contributed by atoms with Gasteiger partial charge in [0.25, 0.3) is 0 Å². The molecule has 2 heterocycles. The van der Waals surface area contributed by atoms with E-state index in [0.29, 0.717) is 19.5 Å². The molecule has 3 aromatic rings. The first-order chi connectivity index (χ1) is 11.7. The molecule has 1 aliphatic heterocycles. The zero-order valence-electron chi connectivity index (χ0n) is 13.4.